The van der Waals surface area contributed by atoms with E-state index in [0.717, 1.165) is 11.3 Å². The average Bonchev–Trinajstić information content (AvgIpc) is 2.59. The van der Waals surface area contributed by atoms with Crippen molar-refractivity contribution in [2.75, 3.05) is 0 Å². The highest BCUT2D eigenvalue weighted by molar-refractivity contribution is 5.70. The van der Waals surface area contributed by atoms with Crippen molar-refractivity contribution in [1.82, 2.24) is 9.97 Å². The Kier molecular flexibility index (Phi) is 2.82. The summed E-state index contributed by atoms with van der Waals surface area (Å²) in [7, 11) is 0. The van der Waals surface area contributed by atoms with Crippen LogP contribution in [0.3, 0.4) is 0 Å². The van der Waals surface area contributed by atoms with Gasteiger partial charge < -0.3 is 15.2 Å². The summed E-state index contributed by atoms with van der Waals surface area (Å²) in [5.41, 5.74) is 2.36. The third kappa shape index (κ3) is 2.44. The predicted octanol–water partition coefficient (Wildman–Crippen LogP) is 1.72. The Bertz CT molecular complexity index is 543. The van der Waals surface area contributed by atoms with Crippen LogP contribution in [-0.4, -0.2) is 26.2 Å². The van der Waals surface area contributed by atoms with E-state index in [1.807, 2.05) is 6.92 Å². The number of aromatic hydroxyl groups is 1. The fourth-order valence-electron chi connectivity index (χ4n) is 1.65. The fourth-order valence-corrected chi connectivity index (χ4v) is 1.65. The second-order valence-corrected chi connectivity index (χ2v) is 3.77. The van der Waals surface area contributed by atoms with Gasteiger partial charge in [0.05, 0.1) is 5.69 Å². The Hall–Kier alpha value is -2.30. The normalized spacial score (nSPS) is 10.4. The molecule has 0 saturated heterocycles. The first-order valence-corrected chi connectivity index (χ1v) is 5.13. The largest absolute Gasteiger partial charge is 0.508 e. The van der Waals surface area contributed by atoms with Crippen LogP contribution in [0.2, 0.25) is 0 Å². The molecule has 0 bridgehead atoms. The van der Waals surface area contributed by atoms with Crippen molar-refractivity contribution in [3.63, 3.8) is 0 Å². The van der Waals surface area contributed by atoms with Crippen molar-refractivity contribution in [3.05, 3.63) is 35.8 Å². The first kappa shape index (κ1) is 11.2. The third-order valence-corrected chi connectivity index (χ3v) is 2.39. The minimum Gasteiger partial charge on any atom is -0.508 e. The smallest absolute Gasteiger partial charge is 0.311 e. The average molecular weight is 232 g/mol. The number of nitrogens with zero attached hydrogens (tertiary/aromatic N) is 1. The summed E-state index contributed by atoms with van der Waals surface area (Å²) < 4.78 is 0. The molecule has 2 rings (SSSR count). The number of aromatic amines is 1. The number of benzene rings is 1. The first-order chi connectivity index (χ1) is 8.06. The molecule has 2 aromatic rings. The minimum atomic E-state index is -0.920. The van der Waals surface area contributed by atoms with E-state index in [-0.39, 0.29) is 12.2 Å². The number of phenols is 1. The van der Waals surface area contributed by atoms with Crippen LogP contribution in [0.25, 0.3) is 11.3 Å². The van der Waals surface area contributed by atoms with Gasteiger partial charge in [-0.2, -0.15) is 0 Å². The van der Waals surface area contributed by atoms with Gasteiger partial charge in [0.25, 0.3) is 0 Å². The molecule has 0 spiro atoms. The van der Waals surface area contributed by atoms with Crippen molar-refractivity contribution in [3.8, 4) is 17.0 Å². The van der Waals surface area contributed by atoms with E-state index >= 15 is 0 Å². The molecule has 1 aromatic heterocycles. The van der Waals surface area contributed by atoms with Crippen molar-refractivity contribution in [2.24, 2.45) is 0 Å². The molecule has 0 saturated carbocycles. The summed E-state index contributed by atoms with van der Waals surface area (Å²) in [6, 6.07) is 6.62. The predicted molar refractivity (Wildman–Crippen MR) is 61.8 cm³/mol. The van der Waals surface area contributed by atoms with E-state index in [1.165, 1.54) is 0 Å². The van der Waals surface area contributed by atoms with Crippen LogP contribution >= 0.6 is 0 Å². The van der Waals surface area contributed by atoms with Crippen molar-refractivity contribution < 1.29 is 15.0 Å². The summed E-state index contributed by atoms with van der Waals surface area (Å²) in [6.45, 7) is 1.83. The fraction of sp³-hybridized carbons (Fsp3) is 0.167. The number of rotatable bonds is 3. The van der Waals surface area contributed by atoms with Crippen molar-refractivity contribution >= 4 is 5.97 Å². The first-order valence-electron chi connectivity index (χ1n) is 5.13. The standard InChI is InChI=1S/C12H12N2O3/c1-7-12(8-2-4-9(15)5-3-8)14-10(13-7)6-11(16)17/h2-5,15H,6H2,1H3,(H,13,14)(H,16,17). The van der Waals surface area contributed by atoms with E-state index in [0.29, 0.717) is 11.5 Å². The number of hydrogen-bond donors (Lipinski definition) is 3. The maximum absolute atomic E-state index is 10.6. The van der Waals surface area contributed by atoms with Crippen LogP contribution < -0.4 is 0 Å². The van der Waals surface area contributed by atoms with Crippen LogP contribution in [0.4, 0.5) is 0 Å². The lowest BCUT2D eigenvalue weighted by molar-refractivity contribution is -0.136. The SMILES string of the molecule is Cc1[nH]c(CC(=O)O)nc1-c1ccc(O)cc1. The lowest BCUT2D eigenvalue weighted by atomic mass is 10.1. The van der Waals surface area contributed by atoms with Gasteiger partial charge in [-0.15, -0.1) is 0 Å². The van der Waals surface area contributed by atoms with Crippen LogP contribution in [0, 0.1) is 6.92 Å². The molecule has 0 unspecified atom stereocenters. The highest BCUT2D eigenvalue weighted by Gasteiger charge is 2.11. The molecule has 5 nitrogen and oxygen atoms in total. The second-order valence-electron chi connectivity index (χ2n) is 3.77. The summed E-state index contributed by atoms with van der Waals surface area (Å²) in [6.07, 6.45) is -0.126. The molecular formula is C12H12N2O3. The van der Waals surface area contributed by atoms with Gasteiger partial charge in [-0.3, -0.25) is 4.79 Å². The van der Waals surface area contributed by atoms with Gasteiger partial charge in [-0.05, 0) is 31.2 Å². The number of carboxylic acid groups (broad SMARTS) is 1. The Morgan fingerprint density at radius 1 is 1.35 bits per heavy atom. The van der Waals surface area contributed by atoms with E-state index in [1.54, 1.807) is 24.3 Å². The quantitative estimate of drug-likeness (QED) is 0.752. The number of phenolic OH excluding ortho intramolecular Hbond substituents is 1. The molecular weight excluding hydrogens is 220 g/mol. The molecule has 17 heavy (non-hydrogen) atoms. The molecule has 88 valence electrons. The van der Waals surface area contributed by atoms with Gasteiger partial charge in [-0.1, -0.05) is 0 Å². The van der Waals surface area contributed by atoms with Crippen molar-refractivity contribution in [2.45, 2.75) is 13.3 Å². The summed E-state index contributed by atoms with van der Waals surface area (Å²) in [5.74, 6) is -0.304. The van der Waals surface area contributed by atoms with Crippen LogP contribution in [-0.2, 0) is 11.2 Å². The molecule has 0 amide bonds. The number of carboxylic acids is 1. The van der Waals surface area contributed by atoms with Gasteiger partial charge in [0.2, 0.25) is 0 Å². The molecule has 0 aliphatic carbocycles. The van der Waals surface area contributed by atoms with Gasteiger partial charge in [0.15, 0.2) is 0 Å². The van der Waals surface area contributed by atoms with Crippen LogP contribution in [0.15, 0.2) is 24.3 Å². The highest BCUT2D eigenvalue weighted by atomic mass is 16.4. The van der Waals surface area contributed by atoms with E-state index in [9.17, 15) is 9.90 Å². The van der Waals surface area contributed by atoms with Crippen LogP contribution in [0.1, 0.15) is 11.5 Å². The number of aryl methyl sites for hydroxylation is 1. The zero-order chi connectivity index (χ0) is 12.4. The lowest BCUT2D eigenvalue weighted by Gasteiger charge is -1.98. The second kappa shape index (κ2) is 4.29. The van der Waals surface area contributed by atoms with E-state index in [2.05, 4.69) is 9.97 Å². The Morgan fingerprint density at radius 2 is 2.00 bits per heavy atom. The number of H-pyrrole nitrogens is 1. The summed E-state index contributed by atoms with van der Waals surface area (Å²) in [4.78, 5) is 17.7. The minimum absolute atomic E-state index is 0.126. The molecule has 0 aliphatic rings. The van der Waals surface area contributed by atoms with Gasteiger partial charge in [-0.25, -0.2) is 4.98 Å². The Morgan fingerprint density at radius 3 is 2.59 bits per heavy atom. The van der Waals surface area contributed by atoms with Crippen LogP contribution in [0.5, 0.6) is 5.75 Å². The maximum atomic E-state index is 10.6. The molecule has 3 N–H and O–H groups in total. The monoisotopic (exact) mass is 232 g/mol. The number of nitrogens with one attached hydrogen (secondary N) is 1. The molecule has 0 atom stereocenters. The molecule has 1 heterocycles. The molecule has 0 fully saturated rings. The number of aliphatic carboxylic acids is 1. The third-order valence-electron chi connectivity index (χ3n) is 2.39. The van der Waals surface area contributed by atoms with Gasteiger partial charge in [0.1, 0.15) is 18.0 Å². The number of carbonyl (C=O) groups is 1. The molecule has 1 aromatic carbocycles. The Labute approximate surface area is 97.8 Å². The van der Waals surface area contributed by atoms with E-state index in [4.69, 9.17) is 5.11 Å². The molecule has 0 aliphatic heterocycles. The zero-order valence-electron chi connectivity index (χ0n) is 9.27. The van der Waals surface area contributed by atoms with Gasteiger partial charge >= 0.3 is 5.97 Å². The highest BCUT2D eigenvalue weighted by Crippen LogP contribution is 2.23. The number of hydrogen-bond acceptors (Lipinski definition) is 3. The van der Waals surface area contributed by atoms with Crippen molar-refractivity contribution in [1.29, 1.82) is 0 Å². The van der Waals surface area contributed by atoms with E-state index < -0.39 is 5.97 Å². The molecule has 0 radical (unpaired) electrons. The zero-order valence-corrected chi connectivity index (χ0v) is 9.27. The number of imidazole rings is 1. The molecule has 5 heteroatoms. The topological polar surface area (TPSA) is 86.2 Å². The summed E-state index contributed by atoms with van der Waals surface area (Å²) >= 11 is 0. The maximum Gasteiger partial charge on any atom is 0.311 e. The van der Waals surface area contributed by atoms with Gasteiger partial charge in [0, 0.05) is 11.3 Å². The Balaban J connectivity index is 2.35. The lowest BCUT2D eigenvalue weighted by Crippen LogP contribution is -2.01. The number of aromatic nitrogens is 2. The summed E-state index contributed by atoms with van der Waals surface area (Å²) in [5, 5.41) is 17.9.